The van der Waals surface area contributed by atoms with Gasteiger partial charge in [-0.15, -0.1) is 0 Å². The number of ether oxygens (including phenoxy) is 4. The van der Waals surface area contributed by atoms with Gasteiger partial charge in [0.2, 0.25) is 5.88 Å². The van der Waals surface area contributed by atoms with Gasteiger partial charge in [-0.25, -0.2) is 9.78 Å². The van der Waals surface area contributed by atoms with Gasteiger partial charge in [0.15, 0.2) is 8.32 Å². The highest BCUT2D eigenvalue weighted by Gasteiger charge is 2.46. The minimum atomic E-state index is -2.05. The number of carbonyl (C=O) groups excluding carboxylic acids is 1. The van der Waals surface area contributed by atoms with Crippen molar-refractivity contribution in [2.75, 3.05) is 20.3 Å². The number of hydrogen-bond acceptors (Lipinski definition) is 9. The van der Waals surface area contributed by atoms with E-state index < -0.39 is 20.0 Å². The second-order valence-corrected chi connectivity index (χ2v) is 20.7. The molecule has 266 valence electrons. The number of methoxy groups -OCH3 is 1. The average Bonchev–Trinajstić information content (AvgIpc) is 3.80. The molecule has 1 aliphatic carbocycles. The number of nitrogens with zero attached hydrogens (tertiary/aromatic N) is 3. The van der Waals surface area contributed by atoms with Crippen LogP contribution in [0.25, 0.3) is 0 Å². The lowest BCUT2D eigenvalue weighted by molar-refractivity contribution is -0.0385. The zero-order valence-corrected chi connectivity index (χ0v) is 31.7. The van der Waals surface area contributed by atoms with Crippen molar-refractivity contribution in [1.82, 2.24) is 20.2 Å². The highest BCUT2D eigenvalue weighted by molar-refractivity contribution is 6.74. The van der Waals surface area contributed by atoms with Gasteiger partial charge in [-0.2, -0.15) is 0 Å². The molecule has 1 aromatic carbocycles. The molecular weight excluding hydrogens is 637 g/mol. The van der Waals surface area contributed by atoms with E-state index in [0.717, 1.165) is 30.0 Å². The molecule has 2 aromatic heterocycles. The number of carbonyl (C=O) groups is 1. The van der Waals surface area contributed by atoms with Crippen LogP contribution in [0, 0.1) is 5.41 Å². The molecule has 0 radical (unpaired) electrons. The van der Waals surface area contributed by atoms with E-state index in [1.165, 1.54) is 12.8 Å². The van der Waals surface area contributed by atoms with Crippen molar-refractivity contribution in [3.63, 3.8) is 0 Å². The summed E-state index contributed by atoms with van der Waals surface area (Å²) in [5.74, 6) is 0.975. The Balaban J connectivity index is 1.46. The Bertz CT molecular complexity index is 1570. The van der Waals surface area contributed by atoms with E-state index >= 15 is 0 Å². The Labute approximate surface area is 293 Å². The van der Waals surface area contributed by atoms with Gasteiger partial charge in [0.1, 0.15) is 29.9 Å². The predicted octanol–water partition coefficient (Wildman–Crippen LogP) is 7.92. The summed E-state index contributed by atoms with van der Waals surface area (Å²) in [6.45, 7) is 19.4. The van der Waals surface area contributed by atoms with Gasteiger partial charge in [-0.05, 0) is 81.1 Å². The number of amides is 1. The Morgan fingerprint density at radius 3 is 2.31 bits per heavy atom. The van der Waals surface area contributed by atoms with Crippen molar-refractivity contribution >= 4 is 14.4 Å². The summed E-state index contributed by atoms with van der Waals surface area (Å²) < 4.78 is 30.6. The van der Waals surface area contributed by atoms with E-state index in [9.17, 15) is 4.79 Å². The number of aromatic nitrogens is 2. The molecule has 1 spiro atoms. The first-order valence-electron chi connectivity index (χ1n) is 17.2. The lowest BCUT2D eigenvalue weighted by Crippen LogP contribution is -2.41. The van der Waals surface area contributed by atoms with E-state index in [1.54, 1.807) is 18.1 Å². The lowest BCUT2D eigenvalue weighted by Gasteiger charge is -2.36. The number of rotatable bonds is 12. The van der Waals surface area contributed by atoms with Crippen molar-refractivity contribution in [1.29, 1.82) is 0 Å². The molecule has 5 rings (SSSR count). The topological polar surface area (TPSA) is 104 Å². The van der Waals surface area contributed by atoms with Crippen molar-refractivity contribution in [3.05, 3.63) is 82.8 Å². The van der Waals surface area contributed by atoms with E-state index in [0.29, 0.717) is 36.2 Å². The quantitative estimate of drug-likeness (QED) is 0.190. The van der Waals surface area contributed by atoms with E-state index in [1.807, 2.05) is 63.2 Å². The second kappa shape index (κ2) is 14.8. The van der Waals surface area contributed by atoms with Crippen LogP contribution < -0.4 is 14.8 Å². The highest BCUT2D eigenvalue weighted by Crippen LogP contribution is 2.48. The largest absolute Gasteiger partial charge is 0.487 e. The van der Waals surface area contributed by atoms with Crippen LogP contribution in [0.1, 0.15) is 88.8 Å². The van der Waals surface area contributed by atoms with Crippen LogP contribution in [0.3, 0.4) is 0 Å². The SMILES string of the molecule is COc1ccc(OCc2ccccc2)c(CN(Cc2cc(C3NCC4(CC4)CO3)cc(CO[Si](C)(C)C(C)(C)C)n2)C(=O)OC(C)(C)C)n1. The molecule has 2 fully saturated rings. The number of nitrogens with one attached hydrogen (secondary N) is 1. The minimum absolute atomic E-state index is 0.0532. The first kappa shape index (κ1) is 36.8. The second-order valence-electron chi connectivity index (χ2n) is 15.9. The maximum absolute atomic E-state index is 13.9. The molecule has 1 aliphatic heterocycles. The fraction of sp³-hybridized carbons (Fsp3) is 0.553. The zero-order valence-electron chi connectivity index (χ0n) is 30.7. The van der Waals surface area contributed by atoms with Crippen LogP contribution >= 0.6 is 0 Å². The molecule has 1 saturated heterocycles. The van der Waals surface area contributed by atoms with Gasteiger partial charge in [0, 0.05) is 18.0 Å². The van der Waals surface area contributed by atoms with Crippen LogP contribution in [0.5, 0.6) is 11.6 Å². The summed E-state index contributed by atoms with van der Waals surface area (Å²) in [6.07, 6.45) is 1.63. The average molecular weight is 691 g/mol. The lowest BCUT2D eigenvalue weighted by atomic mass is 10.1. The van der Waals surface area contributed by atoms with E-state index in [-0.39, 0.29) is 29.8 Å². The van der Waals surface area contributed by atoms with Crippen molar-refractivity contribution < 1.29 is 28.2 Å². The molecular formula is C38H54N4O6Si. The van der Waals surface area contributed by atoms with Crippen molar-refractivity contribution in [2.24, 2.45) is 5.41 Å². The van der Waals surface area contributed by atoms with Crippen molar-refractivity contribution in [3.8, 4) is 11.6 Å². The Morgan fingerprint density at radius 2 is 1.69 bits per heavy atom. The number of benzene rings is 1. The third-order valence-corrected chi connectivity index (χ3v) is 14.0. The fourth-order valence-electron chi connectivity index (χ4n) is 5.29. The first-order chi connectivity index (χ1) is 23.0. The maximum Gasteiger partial charge on any atom is 0.410 e. The van der Waals surface area contributed by atoms with Crippen LogP contribution in [0.2, 0.25) is 18.1 Å². The first-order valence-corrected chi connectivity index (χ1v) is 20.1. The Hall–Kier alpha value is -3.51. The van der Waals surface area contributed by atoms with Gasteiger partial charge in [0.05, 0.1) is 44.8 Å². The van der Waals surface area contributed by atoms with E-state index in [4.69, 9.17) is 33.3 Å². The Kier molecular flexibility index (Phi) is 11.1. The summed E-state index contributed by atoms with van der Waals surface area (Å²) in [5, 5.41) is 3.66. The highest BCUT2D eigenvalue weighted by atomic mass is 28.4. The molecule has 1 unspecified atom stereocenters. The molecule has 0 bridgehead atoms. The molecule has 1 N–H and O–H groups in total. The van der Waals surface area contributed by atoms with Crippen molar-refractivity contribution in [2.45, 2.75) is 111 Å². The van der Waals surface area contributed by atoms with Gasteiger partial charge < -0.3 is 23.4 Å². The summed E-state index contributed by atoms with van der Waals surface area (Å²) in [7, 11) is -0.487. The molecule has 3 heterocycles. The van der Waals surface area contributed by atoms with Crippen LogP contribution in [-0.2, 0) is 40.2 Å². The normalized spacial score (nSPS) is 17.4. The number of hydrogen-bond donors (Lipinski definition) is 1. The van der Waals surface area contributed by atoms with Gasteiger partial charge in [0.25, 0.3) is 0 Å². The maximum atomic E-state index is 13.9. The molecule has 3 aromatic rings. The van der Waals surface area contributed by atoms with E-state index in [2.05, 4.69) is 45.2 Å². The molecule has 10 nitrogen and oxygen atoms in total. The van der Waals surface area contributed by atoms with Crippen LogP contribution in [0.15, 0.2) is 54.6 Å². The van der Waals surface area contributed by atoms with Crippen LogP contribution in [0.4, 0.5) is 4.79 Å². The molecule has 49 heavy (non-hydrogen) atoms. The summed E-state index contributed by atoms with van der Waals surface area (Å²) >= 11 is 0. The van der Waals surface area contributed by atoms with Gasteiger partial charge in [-0.3, -0.25) is 15.2 Å². The summed E-state index contributed by atoms with van der Waals surface area (Å²) in [4.78, 5) is 25.2. The molecule has 1 amide bonds. The molecule has 1 saturated carbocycles. The third kappa shape index (κ3) is 10.0. The molecule has 2 aliphatic rings. The predicted molar refractivity (Wildman–Crippen MR) is 192 cm³/mol. The smallest absolute Gasteiger partial charge is 0.410 e. The minimum Gasteiger partial charge on any atom is -0.487 e. The van der Waals surface area contributed by atoms with Gasteiger partial charge >= 0.3 is 6.09 Å². The summed E-state index contributed by atoms with van der Waals surface area (Å²) in [6, 6.07) is 17.6. The monoisotopic (exact) mass is 690 g/mol. The molecule has 11 heteroatoms. The fourth-order valence-corrected chi connectivity index (χ4v) is 6.24. The summed E-state index contributed by atoms with van der Waals surface area (Å²) in [5.41, 5.74) is 3.59. The zero-order chi connectivity index (χ0) is 35.5. The standard InChI is InChI=1S/C38H54N4O6Si/c1-36(2,3)48-35(43)42(22-31-32(15-16-33(41-31)44-7)45-23-27-13-11-10-12-14-27)21-29-19-28(34-39-25-38(17-18-38)26-46-34)20-30(40-29)24-47-49(8,9)37(4,5)6/h10-16,19-20,34,39H,17-18,21-26H2,1-9H3. The third-order valence-electron chi connectivity index (χ3n) is 9.52. The molecule has 1 atom stereocenters. The number of pyridine rings is 2. The van der Waals surface area contributed by atoms with Gasteiger partial charge in [-0.1, -0.05) is 51.1 Å². The van der Waals surface area contributed by atoms with Crippen LogP contribution in [-0.4, -0.2) is 55.1 Å². The Morgan fingerprint density at radius 1 is 0.980 bits per heavy atom.